The fraction of sp³-hybridized carbons (Fsp3) is 0.700. The van der Waals surface area contributed by atoms with E-state index in [1.54, 1.807) is 0 Å². The van der Waals surface area contributed by atoms with Crippen molar-refractivity contribution in [3.05, 3.63) is 18.2 Å². The molecule has 1 aromatic rings. The van der Waals surface area contributed by atoms with Gasteiger partial charge in [0.2, 0.25) is 0 Å². The molecule has 0 bridgehead atoms. The molecular weight excluding hydrogens is 198 g/mol. The quantitative estimate of drug-likeness (QED) is 0.717. The Morgan fingerprint density at radius 1 is 1.50 bits per heavy atom. The number of rotatable bonds is 4. The first-order valence-corrected chi connectivity index (χ1v) is 5.23. The molecule has 0 spiro atoms. The lowest BCUT2D eigenvalue weighted by Gasteiger charge is -2.33. The van der Waals surface area contributed by atoms with Gasteiger partial charge in [-0.2, -0.15) is 0 Å². The van der Waals surface area contributed by atoms with Gasteiger partial charge in [0.1, 0.15) is 0 Å². The average Bonchev–Trinajstić information content (AvgIpc) is 2.50. The van der Waals surface area contributed by atoms with Crippen molar-refractivity contribution in [1.82, 2.24) is 14.5 Å². The summed E-state index contributed by atoms with van der Waals surface area (Å²) in [4.78, 5) is 6.30. The maximum absolute atomic E-state index is 5.81. The zero-order valence-corrected chi connectivity index (χ0v) is 10.0. The van der Waals surface area contributed by atoms with E-state index in [2.05, 4.69) is 42.4 Å². The predicted octanol–water partition coefficient (Wildman–Crippen LogP) is 1.96. The number of likely N-dealkylation sites (N-methyl/N-ethyl adjacent to an activating group) is 1. The van der Waals surface area contributed by atoms with Crippen LogP contribution in [0.4, 0.5) is 0 Å². The molecule has 0 radical (unpaired) electrons. The Hall–Kier alpha value is -0.540. The van der Waals surface area contributed by atoms with Crippen LogP contribution in [0.2, 0.25) is 0 Å². The lowest BCUT2D eigenvalue weighted by Crippen LogP contribution is -2.42. The fourth-order valence-electron chi connectivity index (χ4n) is 1.16. The number of aromatic nitrogens is 2. The van der Waals surface area contributed by atoms with Crippen LogP contribution in [-0.2, 0) is 12.4 Å². The van der Waals surface area contributed by atoms with Crippen LogP contribution >= 0.6 is 11.6 Å². The van der Waals surface area contributed by atoms with Gasteiger partial charge in [-0.3, -0.25) is 0 Å². The highest BCUT2D eigenvalue weighted by atomic mass is 35.5. The van der Waals surface area contributed by atoms with Gasteiger partial charge in [0.15, 0.2) is 0 Å². The van der Waals surface area contributed by atoms with Gasteiger partial charge in [-0.05, 0) is 27.9 Å². The third-order valence-corrected chi connectivity index (χ3v) is 2.98. The van der Waals surface area contributed by atoms with Crippen molar-refractivity contribution in [2.75, 3.05) is 14.1 Å². The van der Waals surface area contributed by atoms with Crippen LogP contribution in [0.5, 0.6) is 0 Å². The molecular formula is C10H18ClN3. The second kappa shape index (κ2) is 4.32. The first-order valence-electron chi connectivity index (χ1n) is 4.70. The highest BCUT2D eigenvalue weighted by Crippen LogP contribution is 2.15. The molecule has 1 rings (SSSR count). The molecule has 0 aliphatic carbocycles. The molecule has 1 heterocycles. The van der Waals surface area contributed by atoms with E-state index in [1.165, 1.54) is 0 Å². The van der Waals surface area contributed by atoms with Crippen molar-refractivity contribution in [3.63, 3.8) is 0 Å². The maximum Gasteiger partial charge on any atom is 0.0949 e. The molecule has 0 amide bonds. The van der Waals surface area contributed by atoms with Gasteiger partial charge in [-0.25, -0.2) is 4.98 Å². The number of nitrogens with zero attached hydrogens (tertiary/aromatic N) is 3. The molecule has 0 aliphatic rings. The third kappa shape index (κ3) is 2.49. The number of hydrogen-bond acceptors (Lipinski definition) is 2. The van der Waals surface area contributed by atoms with Gasteiger partial charge >= 0.3 is 0 Å². The molecule has 1 aromatic heterocycles. The SMILES string of the molecule is CN(C)C(C)(C)Cn1cncc1CCl. The Morgan fingerprint density at radius 2 is 2.14 bits per heavy atom. The molecule has 3 nitrogen and oxygen atoms in total. The largest absolute Gasteiger partial charge is 0.332 e. The molecule has 0 fully saturated rings. The van der Waals surface area contributed by atoms with E-state index in [1.807, 2.05) is 12.5 Å². The minimum absolute atomic E-state index is 0.113. The van der Waals surface area contributed by atoms with Crippen LogP contribution in [0.1, 0.15) is 19.5 Å². The standard InChI is InChI=1S/C10H18ClN3/c1-10(2,13(3)4)7-14-8-12-6-9(14)5-11/h6,8H,5,7H2,1-4H3. The smallest absolute Gasteiger partial charge is 0.0949 e. The second-order valence-electron chi connectivity index (χ2n) is 4.35. The number of hydrogen-bond donors (Lipinski definition) is 0. The summed E-state index contributed by atoms with van der Waals surface area (Å²) in [6.07, 6.45) is 3.65. The van der Waals surface area contributed by atoms with E-state index in [4.69, 9.17) is 11.6 Å². The monoisotopic (exact) mass is 215 g/mol. The van der Waals surface area contributed by atoms with E-state index < -0.39 is 0 Å². The normalized spacial score (nSPS) is 12.4. The summed E-state index contributed by atoms with van der Waals surface area (Å²) < 4.78 is 2.10. The number of imidazole rings is 1. The van der Waals surface area contributed by atoms with Crippen molar-refractivity contribution < 1.29 is 0 Å². The van der Waals surface area contributed by atoms with Gasteiger partial charge < -0.3 is 9.47 Å². The van der Waals surface area contributed by atoms with Crippen LogP contribution in [-0.4, -0.2) is 34.1 Å². The Morgan fingerprint density at radius 3 is 2.64 bits per heavy atom. The minimum Gasteiger partial charge on any atom is -0.332 e. The summed E-state index contributed by atoms with van der Waals surface area (Å²) in [5.74, 6) is 0.517. The van der Waals surface area contributed by atoms with Crippen molar-refractivity contribution in [2.45, 2.75) is 31.8 Å². The van der Waals surface area contributed by atoms with Gasteiger partial charge in [0, 0.05) is 18.3 Å². The lowest BCUT2D eigenvalue weighted by atomic mass is 10.0. The molecule has 80 valence electrons. The van der Waals surface area contributed by atoms with Crippen LogP contribution in [0.15, 0.2) is 12.5 Å². The Bertz CT molecular complexity index is 291. The zero-order chi connectivity index (χ0) is 10.8. The number of halogens is 1. The van der Waals surface area contributed by atoms with Gasteiger partial charge in [0.05, 0.1) is 17.9 Å². The summed E-state index contributed by atoms with van der Waals surface area (Å²) in [6, 6.07) is 0. The molecule has 14 heavy (non-hydrogen) atoms. The Kier molecular flexibility index (Phi) is 3.56. The first kappa shape index (κ1) is 11.5. The average molecular weight is 216 g/mol. The van der Waals surface area contributed by atoms with E-state index in [0.717, 1.165) is 12.2 Å². The van der Waals surface area contributed by atoms with Crippen LogP contribution in [0.25, 0.3) is 0 Å². The van der Waals surface area contributed by atoms with Crippen molar-refractivity contribution >= 4 is 11.6 Å². The molecule has 0 saturated carbocycles. The van der Waals surface area contributed by atoms with Crippen molar-refractivity contribution in [3.8, 4) is 0 Å². The van der Waals surface area contributed by atoms with E-state index in [9.17, 15) is 0 Å². The van der Waals surface area contributed by atoms with Crippen molar-refractivity contribution in [2.24, 2.45) is 0 Å². The summed E-state index contributed by atoms with van der Waals surface area (Å²) >= 11 is 5.81. The first-order chi connectivity index (χ1) is 6.47. The summed E-state index contributed by atoms with van der Waals surface area (Å²) in [5.41, 5.74) is 1.18. The third-order valence-electron chi connectivity index (χ3n) is 2.70. The number of alkyl halides is 1. The maximum atomic E-state index is 5.81. The summed E-state index contributed by atoms with van der Waals surface area (Å²) in [5, 5.41) is 0. The summed E-state index contributed by atoms with van der Waals surface area (Å²) in [7, 11) is 4.16. The summed E-state index contributed by atoms with van der Waals surface area (Å²) in [6.45, 7) is 5.30. The highest BCUT2D eigenvalue weighted by Gasteiger charge is 2.21. The van der Waals surface area contributed by atoms with Crippen molar-refractivity contribution in [1.29, 1.82) is 0 Å². The molecule has 0 unspecified atom stereocenters. The van der Waals surface area contributed by atoms with Crippen LogP contribution < -0.4 is 0 Å². The van der Waals surface area contributed by atoms with Crippen LogP contribution in [0.3, 0.4) is 0 Å². The van der Waals surface area contributed by atoms with Gasteiger partial charge in [-0.15, -0.1) is 11.6 Å². The zero-order valence-electron chi connectivity index (χ0n) is 9.29. The predicted molar refractivity (Wildman–Crippen MR) is 59.6 cm³/mol. The molecule has 0 aliphatic heterocycles. The van der Waals surface area contributed by atoms with Gasteiger partial charge in [0.25, 0.3) is 0 Å². The Labute approximate surface area is 90.7 Å². The highest BCUT2D eigenvalue weighted by molar-refractivity contribution is 6.16. The van der Waals surface area contributed by atoms with E-state index >= 15 is 0 Å². The molecule has 0 saturated heterocycles. The lowest BCUT2D eigenvalue weighted by molar-refractivity contribution is 0.168. The fourth-order valence-corrected chi connectivity index (χ4v) is 1.38. The molecule has 4 heteroatoms. The van der Waals surface area contributed by atoms with Crippen LogP contribution in [0, 0.1) is 0 Å². The van der Waals surface area contributed by atoms with Gasteiger partial charge in [-0.1, -0.05) is 0 Å². The molecule has 0 aromatic carbocycles. The minimum atomic E-state index is 0.113. The topological polar surface area (TPSA) is 21.1 Å². The molecule has 0 atom stereocenters. The van der Waals surface area contributed by atoms with E-state index in [0.29, 0.717) is 5.88 Å². The second-order valence-corrected chi connectivity index (χ2v) is 4.62. The van der Waals surface area contributed by atoms with E-state index in [-0.39, 0.29) is 5.54 Å². The Balaban J connectivity index is 2.78. The molecule has 0 N–H and O–H groups in total.